The Hall–Kier alpha value is -1.66. The van der Waals surface area contributed by atoms with Gasteiger partial charge in [-0.25, -0.2) is 4.98 Å². The summed E-state index contributed by atoms with van der Waals surface area (Å²) in [6.45, 7) is 0.287. The number of halogens is 1. The maximum atomic E-state index is 11.8. The molecule has 0 aliphatic rings. The van der Waals surface area contributed by atoms with Gasteiger partial charge in [0.2, 0.25) is 0 Å². The van der Waals surface area contributed by atoms with Gasteiger partial charge in [0.1, 0.15) is 16.0 Å². The fourth-order valence-corrected chi connectivity index (χ4v) is 2.15. The molecule has 0 fully saturated rings. The van der Waals surface area contributed by atoms with Crippen molar-refractivity contribution in [3.8, 4) is 5.75 Å². The average Bonchev–Trinajstić information content (AvgIpc) is 2.44. The number of aromatic nitrogens is 2. The van der Waals surface area contributed by atoms with E-state index in [0.717, 1.165) is 11.3 Å². The standard InChI is InChI=1S/C14H15BrN2O3/c1-19-8-11-13(15)14(18)17-12(16-11)7-9-4-3-5-10(6-9)20-2/h3-6H,7-8H2,1-2H3,(H,16,17,18). The van der Waals surface area contributed by atoms with Crippen molar-refractivity contribution in [3.63, 3.8) is 0 Å². The van der Waals surface area contributed by atoms with E-state index in [-0.39, 0.29) is 12.2 Å². The number of ether oxygens (including phenoxy) is 2. The van der Waals surface area contributed by atoms with Crippen LogP contribution in [0.4, 0.5) is 0 Å². The number of nitrogens with zero attached hydrogens (tertiary/aromatic N) is 1. The van der Waals surface area contributed by atoms with E-state index in [9.17, 15) is 4.79 Å². The summed E-state index contributed by atoms with van der Waals surface area (Å²) in [5, 5.41) is 0. The molecule has 6 heteroatoms. The van der Waals surface area contributed by atoms with Gasteiger partial charge in [0.15, 0.2) is 0 Å². The van der Waals surface area contributed by atoms with E-state index in [4.69, 9.17) is 9.47 Å². The molecule has 5 nitrogen and oxygen atoms in total. The zero-order valence-corrected chi connectivity index (χ0v) is 12.9. The Labute approximate surface area is 125 Å². The molecular weight excluding hydrogens is 324 g/mol. The molecule has 2 aromatic rings. The third-order valence-electron chi connectivity index (χ3n) is 2.77. The molecule has 1 N–H and O–H groups in total. The number of hydrogen-bond donors (Lipinski definition) is 1. The van der Waals surface area contributed by atoms with Crippen molar-refractivity contribution in [2.75, 3.05) is 14.2 Å². The minimum Gasteiger partial charge on any atom is -0.497 e. The number of methoxy groups -OCH3 is 2. The first-order chi connectivity index (χ1) is 9.63. The summed E-state index contributed by atoms with van der Waals surface area (Å²) in [6.07, 6.45) is 0.524. The molecule has 1 aromatic heterocycles. The third kappa shape index (κ3) is 3.46. The van der Waals surface area contributed by atoms with Crippen molar-refractivity contribution >= 4 is 15.9 Å². The fourth-order valence-electron chi connectivity index (χ4n) is 1.85. The lowest BCUT2D eigenvalue weighted by atomic mass is 10.1. The van der Waals surface area contributed by atoms with Gasteiger partial charge in [-0.3, -0.25) is 4.79 Å². The van der Waals surface area contributed by atoms with Crippen LogP contribution in [0, 0.1) is 0 Å². The Balaban J connectivity index is 2.31. The predicted octanol–water partition coefficient (Wildman–Crippen LogP) is 2.28. The molecule has 0 amide bonds. The molecule has 106 valence electrons. The lowest BCUT2D eigenvalue weighted by Gasteiger charge is -2.07. The minimum atomic E-state index is -0.204. The summed E-state index contributed by atoms with van der Waals surface area (Å²) >= 11 is 3.22. The summed E-state index contributed by atoms with van der Waals surface area (Å²) in [4.78, 5) is 19.0. The van der Waals surface area contributed by atoms with Crippen molar-refractivity contribution in [1.82, 2.24) is 9.97 Å². The summed E-state index contributed by atoms with van der Waals surface area (Å²) in [7, 11) is 3.19. The highest BCUT2D eigenvalue weighted by atomic mass is 79.9. The first kappa shape index (κ1) is 14.7. The quantitative estimate of drug-likeness (QED) is 0.908. The lowest BCUT2D eigenvalue weighted by Crippen LogP contribution is -2.16. The van der Waals surface area contributed by atoms with E-state index >= 15 is 0 Å². The van der Waals surface area contributed by atoms with Gasteiger partial charge in [0.05, 0.1) is 19.4 Å². The zero-order chi connectivity index (χ0) is 14.5. The van der Waals surface area contributed by atoms with E-state index < -0.39 is 0 Å². The van der Waals surface area contributed by atoms with E-state index in [0.29, 0.717) is 22.4 Å². The minimum absolute atomic E-state index is 0.204. The van der Waals surface area contributed by atoms with Crippen molar-refractivity contribution in [1.29, 1.82) is 0 Å². The third-order valence-corrected chi connectivity index (χ3v) is 3.59. The SMILES string of the molecule is COCc1nc(Cc2cccc(OC)c2)[nH]c(=O)c1Br. The van der Waals surface area contributed by atoms with E-state index in [1.165, 1.54) is 0 Å². The first-order valence-corrected chi connectivity index (χ1v) is 6.82. The maximum Gasteiger partial charge on any atom is 0.265 e. The van der Waals surface area contributed by atoms with Crippen LogP contribution in [0.15, 0.2) is 33.5 Å². The molecule has 0 bridgehead atoms. The summed E-state index contributed by atoms with van der Waals surface area (Å²) in [5.74, 6) is 1.37. The van der Waals surface area contributed by atoms with Crippen LogP contribution in [0.5, 0.6) is 5.75 Å². The molecule has 2 rings (SSSR count). The molecule has 0 unspecified atom stereocenters. The van der Waals surface area contributed by atoms with Crippen LogP contribution in [0.3, 0.4) is 0 Å². The zero-order valence-electron chi connectivity index (χ0n) is 11.3. The van der Waals surface area contributed by atoms with Crippen LogP contribution in [-0.2, 0) is 17.8 Å². The number of nitrogens with one attached hydrogen (secondary N) is 1. The Morgan fingerprint density at radius 1 is 1.35 bits per heavy atom. The Kier molecular flexibility index (Phi) is 4.92. The number of H-pyrrole nitrogens is 1. The van der Waals surface area contributed by atoms with Crippen molar-refractivity contribution < 1.29 is 9.47 Å². The highest BCUT2D eigenvalue weighted by Crippen LogP contribution is 2.16. The maximum absolute atomic E-state index is 11.8. The Morgan fingerprint density at radius 2 is 2.15 bits per heavy atom. The molecule has 0 aliphatic heterocycles. The lowest BCUT2D eigenvalue weighted by molar-refractivity contribution is 0.180. The summed E-state index contributed by atoms with van der Waals surface area (Å²) in [6, 6.07) is 7.65. The average molecular weight is 339 g/mol. The number of rotatable bonds is 5. The highest BCUT2D eigenvalue weighted by Gasteiger charge is 2.09. The van der Waals surface area contributed by atoms with Crippen LogP contribution < -0.4 is 10.3 Å². The molecule has 20 heavy (non-hydrogen) atoms. The second-order valence-electron chi connectivity index (χ2n) is 4.23. The fraction of sp³-hybridized carbons (Fsp3) is 0.286. The van der Waals surface area contributed by atoms with Gasteiger partial charge in [-0.2, -0.15) is 0 Å². The van der Waals surface area contributed by atoms with Crippen LogP contribution in [0.1, 0.15) is 17.1 Å². The molecule has 0 saturated heterocycles. The molecule has 0 atom stereocenters. The molecule has 1 aromatic carbocycles. The Bertz CT molecular complexity index is 655. The summed E-state index contributed by atoms with van der Waals surface area (Å²) < 4.78 is 10.6. The summed E-state index contributed by atoms with van der Waals surface area (Å²) in [5.41, 5.74) is 1.40. The van der Waals surface area contributed by atoms with Gasteiger partial charge < -0.3 is 14.5 Å². The molecule has 1 heterocycles. The predicted molar refractivity (Wildman–Crippen MR) is 79.1 cm³/mol. The molecule has 0 aliphatic carbocycles. The molecule has 0 radical (unpaired) electrons. The van der Waals surface area contributed by atoms with Gasteiger partial charge in [0.25, 0.3) is 5.56 Å². The van der Waals surface area contributed by atoms with Gasteiger partial charge in [-0.1, -0.05) is 12.1 Å². The van der Waals surface area contributed by atoms with Gasteiger partial charge in [0, 0.05) is 13.5 Å². The van der Waals surface area contributed by atoms with E-state index in [1.54, 1.807) is 14.2 Å². The monoisotopic (exact) mass is 338 g/mol. The van der Waals surface area contributed by atoms with Crippen LogP contribution in [0.25, 0.3) is 0 Å². The topological polar surface area (TPSA) is 64.2 Å². The van der Waals surface area contributed by atoms with Crippen molar-refractivity contribution in [2.45, 2.75) is 13.0 Å². The molecular formula is C14H15BrN2O3. The molecule has 0 spiro atoms. The first-order valence-electron chi connectivity index (χ1n) is 6.03. The number of benzene rings is 1. The van der Waals surface area contributed by atoms with Crippen molar-refractivity contribution in [3.05, 3.63) is 56.2 Å². The van der Waals surface area contributed by atoms with Crippen LogP contribution >= 0.6 is 15.9 Å². The smallest absolute Gasteiger partial charge is 0.265 e. The van der Waals surface area contributed by atoms with Crippen LogP contribution in [-0.4, -0.2) is 24.2 Å². The largest absolute Gasteiger partial charge is 0.497 e. The van der Waals surface area contributed by atoms with Gasteiger partial charge in [-0.05, 0) is 33.6 Å². The van der Waals surface area contributed by atoms with Gasteiger partial charge >= 0.3 is 0 Å². The second kappa shape index (κ2) is 6.67. The second-order valence-corrected chi connectivity index (χ2v) is 5.03. The normalized spacial score (nSPS) is 10.6. The van der Waals surface area contributed by atoms with Gasteiger partial charge in [-0.15, -0.1) is 0 Å². The van der Waals surface area contributed by atoms with Crippen LogP contribution in [0.2, 0.25) is 0 Å². The van der Waals surface area contributed by atoms with E-state index in [1.807, 2.05) is 24.3 Å². The highest BCUT2D eigenvalue weighted by molar-refractivity contribution is 9.10. The number of aromatic amines is 1. The molecule has 0 saturated carbocycles. The van der Waals surface area contributed by atoms with Crippen molar-refractivity contribution in [2.24, 2.45) is 0 Å². The number of hydrogen-bond acceptors (Lipinski definition) is 4. The van der Waals surface area contributed by atoms with E-state index in [2.05, 4.69) is 25.9 Å². The Morgan fingerprint density at radius 3 is 2.85 bits per heavy atom.